The monoisotopic (exact) mass is 352 g/mol. The van der Waals surface area contributed by atoms with Gasteiger partial charge in [0.05, 0.1) is 12.5 Å². The number of nitrogens with zero attached hydrogens (tertiary/aromatic N) is 1. The van der Waals surface area contributed by atoms with Crippen LogP contribution in [0.5, 0.6) is 5.75 Å². The summed E-state index contributed by atoms with van der Waals surface area (Å²) in [5.74, 6) is 0.504. The molecule has 0 bridgehead atoms. The zero-order valence-electron chi connectivity index (χ0n) is 15.0. The van der Waals surface area contributed by atoms with Gasteiger partial charge in [0.1, 0.15) is 5.75 Å². The Bertz CT molecular complexity index is 744. The first-order valence-electron chi connectivity index (χ1n) is 9.05. The average molecular weight is 352 g/mol. The molecule has 0 saturated carbocycles. The summed E-state index contributed by atoms with van der Waals surface area (Å²) in [7, 11) is 0. The van der Waals surface area contributed by atoms with Crippen molar-refractivity contribution in [1.29, 1.82) is 0 Å². The fourth-order valence-corrected chi connectivity index (χ4v) is 3.18. The van der Waals surface area contributed by atoms with Crippen LogP contribution in [0.15, 0.2) is 54.6 Å². The second-order valence-electron chi connectivity index (χ2n) is 6.40. The summed E-state index contributed by atoms with van der Waals surface area (Å²) in [4.78, 5) is 27.0. The third kappa shape index (κ3) is 4.42. The summed E-state index contributed by atoms with van der Waals surface area (Å²) in [5.41, 5.74) is 1.41. The normalized spacial score (nSPS) is 16.8. The van der Waals surface area contributed by atoms with Crippen LogP contribution in [-0.2, 0) is 4.79 Å². The van der Waals surface area contributed by atoms with Crippen molar-refractivity contribution in [3.05, 3.63) is 60.2 Å². The van der Waals surface area contributed by atoms with Gasteiger partial charge in [-0.15, -0.1) is 0 Å². The van der Waals surface area contributed by atoms with Gasteiger partial charge in [-0.3, -0.25) is 9.59 Å². The lowest BCUT2D eigenvalue weighted by Crippen LogP contribution is -2.43. The van der Waals surface area contributed by atoms with Crippen LogP contribution in [0.1, 0.15) is 30.1 Å². The summed E-state index contributed by atoms with van der Waals surface area (Å²) in [6, 6.07) is 16.6. The second kappa shape index (κ2) is 8.52. The van der Waals surface area contributed by atoms with Crippen LogP contribution in [0, 0.1) is 5.92 Å². The average Bonchev–Trinajstić information content (AvgIpc) is 2.69. The van der Waals surface area contributed by atoms with Gasteiger partial charge in [0, 0.05) is 24.3 Å². The SMILES string of the molecule is CCOc1ccc(C(=O)N2CCCC(C(=O)Nc3ccccc3)C2)cc1. The van der Waals surface area contributed by atoms with E-state index in [2.05, 4.69) is 5.32 Å². The molecular weight excluding hydrogens is 328 g/mol. The van der Waals surface area contributed by atoms with Gasteiger partial charge in [-0.1, -0.05) is 18.2 Å². The molecule has 1 aliphatic rings. The first-order chi connectivity index (χ1) is 12.7. The molecule has 0 spiro atoms. The van der Waals surface area contributed by atoms with Gasteiger partial charge in [-0.2, -0.15) is 0 Å². The van der Waals surface area contributed by atoms with E-state index in [1.165, 1.54) is 0 Å². The maximum atomic E-state index is 12.7. The van der Waals surface area contributed by atoms with Crippen LogP contribution in [0.2, 0.25) is 0 Å². The number of hydrogen-bond acceptors (Lipinski definition) is 3. The first-order valence-corrected chi connectivity index (χ1v) is 9.05. The molecule has 1 unspecified atom stereocenters. The molecule has 0 aliphatic carbocycles. The van der Waals surface area contributed by atoms with E-state index >= 15 is 0 Å². The molecular formula is C21H24N2O3. The molecule has 136 valence electrons. The molecule has 1 heterocycles. The van der Waals surface area contributed by atoms with Crippen molar-refractivity contribution >= 4 is 17.5 Å². The third-order valence-corrected chi connectivity index (χ3v) is 4.53. The van der Waals surface area contributed by atoms with Crippen molar-refractivity contribution in [3.8, 4) is 5.75 Å². The van der Waals surface area contributed by atoms with Crippen molar-refractivity contribution in [2.75, 3.05) is 25.0 Å². The standard InChI is InChI=1S/C21H24N2O3/c1-2-26-19-12-10-16(11-13-19)21(25)23-14-6-7-17(15-23)20(24)22-18-8-4-3-5-9-18/h3-5,8-13,17H,2,6-7,14-15H2,1H3,(H,22,24). The molecule has 0 aromatic heterocycles. The number of amides is 2. The van der Waals surface area contributed by atoms with Crippen LogP contribution >= 0.6 is 0 Å². The quantitative estimate of drug-likeness (QED) is 0.895. The van der Waals surface area contributed by atoms with E-state index in [-0.39, 0.29) is 17.7 Å². The molecule has 1 N–H and O–H groups in total. The minimum atomic E-state index is -0.185. The molecule has 0 radical (unpaired) electrons. The number of carbonyl (C=O) groups is 2. The zero-order valence-corrected chi connectivity index (χ0v) is 15.0. The van der Waals surface area contributed by atoms with Gasteiger partial charge < -0.3 is 15.0 Å². The van der Waals surface area contributed by atoms with Gasteiger partial charge >= 0.3 is 0 Å². The number of carbonyl (C=O) groups excluding carboxylic acids is 2. The molecule has 26 heavy (non-hydrogen) atoms. The van der Waals surface area contributed by atoms with E-state index in [1.807, 2.05) is 37.3 Å². The number of likely N-dealkylation sites (tertiary alicyclic amines) is 1. The Morgan fingerprint density at radius 1 is 1.12 bits per heavy atom. The summed E-state index contributed by atoms with van der Waals surface area (Å²) < 4.78 is 5.41. The summed E-state index contributed by atoms with van der Waals surface area (Å²) >= 11 is 0. The molecule has 5 nitrogen and oxygen atoms in total. The Kier molecular flexibility index (Phi) is 5.89. The first kappa shape index (κ1) is 18.0. The Balaban J connectivity index is 1.62. The van der Waals surface area contributed by atoms with Crippen molar-refractivity contribution in [2.24, 2.45) is 5.92 Å². The number of piperidine rings is 1. The number of anilines is 1. The molecule has 1 aliphatic heterocycles. The molecule has 1 atom stereocenters. The van der Waals surface area contributed by atoms with Gasteiger partial charge in [-0.25, -0.2) is 0 Å². The topological polar surface area (TPSA) is 58.6 Å². The molecule has 2 amide bonds. The van der Waals surface area contributed by atoms with Crippen molar-refractivity contribution < 1.29 is 14.3 Å². The van der Waals surface area contributed by atoms with E-state index in [1.54, 1.807) is 29.2 Å². The van der Waals surface area contributed by atoms with Crippen molar-refractivity contribution in [2.45, 2.75) is 19.8 Å². The molecule has 1 fully saturated rings. The Hall–Kier alpha value is -2.82. The lowest BCUT2D eigenvalue weighted by atomic mass is 9.96. The number of para-hydroxylation sites is 1. The fraction of sp³-hybridized carbons (Fsp3) is 0.333. The molecule has 2 aromatic rings. The number of benzene rings is 2. The summed E-state index contributed by atoms with van der Waals surface area (Å²) in [5, 5.41) is 2.94. The largest absolute Gasteiger partial charge is 0.494 e. The number of rotatable bonds is 5. The number of hydrogen-bond donors (Lipinski definition) is 1. The highest BCUT2D eigenvalue weighted by molar-refractivity contribution is 5.96. The molecule has 3 rings (SSSR count). The lowest BCUT2D eigenvalue weighted by molar-refractivity contribution is -0.121. The summed E-state index contributed by atoms with van der Waals surface area (Å²) in [6.07, 6.45) is 1.63. The fourth-order valence-electron chi connectivity index (χ4n) is 3.18. The minimum absolute atomic E-state index is 0.0274. The summed E-state index contributed by atoms with van der Waals surface area (Å²) in [6.45, 7) is 3.65. The minimum Gasteiger partial charge on any atom is -0.494 e. The highest BCUT2D eigenvalue weighted by Gasteiger charge is 2.29. The zero-order chi connectivity index (χ0) is 18.4. The second-order valence-corrected chi connectivity index (χ2v) is 6.40. The highest BCUT2D eigenvalue weighted by atomic mass is 16.5. The Labute approximate surface area is 154 Å². The van der Waals surface area contributed by atoms with Gasteiger partial charge in [0.25, 0.3) is 5.91 Å². The van der Waals surface area contributed by atoms with E-state index in [4.69, 9.17) is 4.74 Å². The van der Waals surface area contributed by atoms with E-state index in [9.17, 15) is 9.59 Å². The van der Waals surface area contributed by atoms with Crippen LogP contribution in [0.3, 0.4) is 0 Å². The van der Waals surface area contributed by atoms with Gasteiger partial charge in [-0.05, 0) is 56.2 Å². The highest BCUT2D eigenvalue weighted by Crippen LogP contribution is 2.21. The predicted octanol–water partition coefficient (Wildman–Crippen LogP) is 3.58. The van der Waals surface area contributed by atoms with Crippen LogP contribution < -0.4 is 10.1 Å². The van der Waals surface area contributed by atoms with Gasteiger partial charge in [0.2, 0.25) is 5.91 Å². The van der Waals surface area contributed by atoms with E-state index < -0.39 is 0 Å². The van der Waals surface area contributed by atoms with Crippen LogP contribution in [0.4, 0.5) is 5.69 Å². The van der Waals surface area contributed by atoms with Gasteiger partial charge in [0.15, 0.2) is 0 Å². The van der Waals surface area contributed by atoms with Crippen molar-refractivity contribution in [1.82, 2.24) is 4.90 Å². The third-order valence-electron chi connectivity index (χ3n) is 4.53. The maximum Gasteiger partial charge on any atom is 0.253 e. The van der Waals surface area contributed by atoms with Crippen LogP contribution in [0.25, 0.3) is 0 Å². The Morgan fingerprint density at radius 3 is 2.54 bits per heavy atom. The van der Waals surface area contributed by atoms with E-state index in [0.717, 1.165) is 24.3 Å². The lowest BCUT2D eigenvalue weighted by Gasteiger charge is -2.32. The number of ether oxygens (including phenoxy) is 1. The maximum absolute atomic E-state index is 12.7. The van der Waals surface area contributed by atoms with Crippen LogP contribution in [-0.4, -0.2) is 36.4 Å². The van der Waals surface area contributed by atoms with E-state index in [0.29, 0.717) is 25.3 Å². The molecule has 2 aromatic carbocycles. The molecule has 5 heteroatoms. The number of nitrogens with one attached hydrogen (secondary N) is 1. The molecule has 1 saturated heterocycles. The smallest absolute Gasteiger partial charge is 0.253 e. The predicted molar refractivity (Wildman–Crippen MR) is 101 cm³/mol. The Morgan fingerprint density at radius 2 is 1.85 bits per heavy atom. The van der Waals surface area contributed by atoms with Crippen molar-refractivity contribution in [3.63, 3.8) is 0 Å².